The van der Waals surface area contributed by atoms with Gasteiger partial charge in [-0.3, -0.25) is 4.98 Å². The summed E-state index contributed by atoms with van der Waals surface area (Å²) in [6.07, 6.45) is -1.64. The van der Waals surface area contributed by atoms with E-state index in [2.05, 4.69) is 4.98 Å². The van der Waals surface area contributed by atoms with Gasteiger partial charge in [-0.15, -0.1) is 0 Å². The van der Waals surface area contributed by atoms with E-state index >= 15 is 0 Å². The maximum absolute atomic E-state index is 12.6. The van der Waals surface area contributed by atoms with Gasteiger partial charge in [0.05, 0.1) is 0 Å². The first-order chi connectivity index (χ1) is 5.11. The molecule has 0 saturated heterocycles. The van der Waals surface area contributed by atoms with E-state index in [0.717, 1.165) is 6.07 Å². The van der Waals surface area contributed by atoms with Crippen molar-refractivity contribution in [1.29, 1.82) is 0 Å². The Morgan fingerprint density at radius 3 is 2.55 bits per heavy atom. The van der Waals surface area contributed by atoms with Crippen molar-refractivity contribution in [3.8, 4) is 0 Å². The van der Waals surface area contributed by atoms with Crippen LogP contribution in [0.1, 0.15) is 12.1 Å². The predicted octanol–water partition coefficient (Wildman–Crippen LogP) is 2.76. The summed E-state index contributed by atoms with van der Waals surface area (Å²) in [5.41, 5.74) is -0.787. The molecular formula is C6H3F3IN. The molecule has 0 N–H and O–H groups in total. The largest absolute Gasteiger partial charge is 0.283 e. The van der Waals surface area contributed by atoms with Crippen molar-refractivity contribution >= 4 is 22.6 Å². The molecule has 0 amide bonds. The second kappa shape index (κ2) is 3.38. The van der Waals surface area contributed by atoms with Crippen LogP contribution in [0.5, 0.6) is 0 Å². The summed E-state index contributed by atoms with van der Waals surface area (Å²) >= 11 is 1.80. The van der Waals surface area contributed by atoms with Gasteiger partial charge in [-0.05, 0) is 28.7 Å². The van der Waals surface area contributed by atoms with E-state index in [1.165, 1.54) is 6.20 Å². The lowest BCUT2D eigenvalue weighted by Gasteiger charge is -1.99. The van der Waals surface area contributed by atoms with Gasteiger partial charge < -0.3 is 0 Å². The molecule has 1 aromatic heterocycles. The van der Waals surface area contributed by atoms with E-state index in [1.807, 2.05) is 0 Å². The van der Waals surface area contributed by atoms with Gasteiger partial charge in [0.25, 0.3) is 6.43 Å². The zero-order valence-electron chi connectivity index (χ0n) is 5.19. The van der Waals surface area contributed by atoms with Crippen molar-refractivity contribution in [1.82, 2.24) is 4.98 Å². The molecule has 0 aliphatic carbocycles. The smallest absolute Gasteiger partial charge is 0.251 e. The maximum Gasteiger partial charge on any atom is 0.283 e. The van der Waals surface area contributed by atoms with Crippen LogP contribution in [0.4, 0.5) is 13.2 Å². The quantitative estimate of drug-likeness (QED) is 0.717. The Morgan fingerprint density at radius 1 is 1.45 bits per heavy atom. The average Bonchev–Trinajstić information content (AvgIpc) is 1.85. The van der Waals surface area contributed by atoms with Crippen LogP contribution < -0.4 is 0 Å². The lowest BCUT2D eigenvalue weighted by atomic mass is 10.3. The predicted molar refractivity (Wildman–Crippen MR) is 41.9 cm³/mol. The summed E-state index contributed by atoms with van der Waals surface area (Å²) in [6.45, 7) is 0. The molecular weight excluding hydrogens is 270 g/mol. The highest BCUT2D eigenvalue weighted by molar-refractivity contribution is 14.1. The van der Waals surface area contributed by atoms with Crippen LogP contribution >= 0.6 is 22.6 Å². The van der Waals surface area contributed by atoms with Crippen molar-refractivity contribution in [3.05, 3.63) is 27.3 Å². The Balaban J connectivity index is 3.09. The molecule has 0 aliphatic heterocycles. The fraction of sp³-hybridized carbons (Fsp3) is 0.167. The van der Waals surface area contributed by atoms with Crippen molar-refractivity contribution < 1.29 is 13.2 Å². The van der Waals surface area contributed by atoms with Crippen molar-refractivity contribution in [2.45, 2.75) is 6.43 Å². The Morgan fingerprint density at radius 2 is 2.09 bits per heavy atom. The molecule has 1 nitrogen and oxygen atoms in total. The highest BCUT2D eigenvalue weighted by Crippen LogP contribution is 2.20. The molecule has 1 rings (SSSR count). The molecule has 60 valence electrons. The third-order valence-corrected chi connectivity index (χ3v) is 1.63. The van der Waals surface area contributed by atoms with Crippen LogP contribution in [0.25, 0.3) is 0 Å². The summed E-state index contributed by atoms with van der Waals surface area (Å²) in [7, 11) is 0. The summed E-state index contributed by atoms with van der Waals surface area (Å²) in [5.74, 6) is -0.952. The third kappa shape index (κ3) is 2.05. The Labute approximate surface area is 74.8 Å². The molecule has 0 fully saturated rings. The molecule has 0 unspecified atom stereocenters. The van der Waals surface area contributed by atoms with Crippen molar-refractivity contribution in [2.75, 3.05) is 0 Å². The van der Waals surface area contributed by atoms with Gasteiger partial charge in [0, 0.05) is 9.77 Å². The monoisotopic (exact) mass is 273 g/mol. The molecule has 0 saturated carbocycles. The minimum atomic E-state index is -2.84. The Bertz CT molecular complexity index is 264. The van der Waals surface area contributed by atoms with Gasteiger partial charge in [-0.1, -0.05) is 0 Å². The Kier molecular flexibility index (Phi) is 2.69. The minimum absolute atomic E-state index is 0.504. The number of hydrogen-bond donors (Lipinski definition) is 0. The number of alkyl halides is 2. The van der Waals surface area contributed by atoms with Gasteiger partial charge >= 0.3 is 0 Å². The molecule has 1 aromatic rings. The van der Waals surface area contributed by atoms with Crippen LogP contribution in [-0.4, -0.2) is 4.98 Å². The number of rotatable bonds is 1. The highest BCUT2D eigenvalue weighted by Gasteiger charge is 2.14. The molecule has 1 heterocycles. The van der Waals surface area contributed by atoms with Crippen LogP contribution in [0.2, 0.25) is 0 Å². The fourth-order valence-electron chi connectivity index (χ4n) is 0.586. The first-order valence-electron chi connectivity index (χ1n) is 2.70. The topological polar surface area (TPSA) is 12.9 Å². The van der Waals surface area contributed by atoms with Gasteiger partial charge in [-0.2, -0.15) is 0 Å². The summed E-state index contributed by atoms with van der Waals surface area (Å²) in [5, 5.41) is 0. The van der Waals surface area contributed by atoms with Gasteiger partial charge in [0.15, 0.2) is 5.82 Å². The van der Waals surface area contributed by atoms with Crippen molar-refractivity contribution in [2.24, 2.45) is 0 Å². The lowest BCUT2D eigenvalue weighted by molar-refractivity contribution is 0.140. The third-order valence-electron chi connectivity index (χ3n) is 1.04. The molecule has 0 atom stereocenters. The summed E-state index contributed by atoms with van der Waals surface area (Å²) in [6, 6.07) is 1.02. The van der Waals surface area contributed by atoms with E-state index in [0.29, 0.717) is 3.57 Å². The summed E-state index contributed by atoms with van der Waals surface area (Å²) in [4.78, 5) is 3.24. The molecule has 11 heavy (non-hydrogen) atoms. The van der Waals surface area contributed by atoms with E-state index in [1.54, 1.807) is 22.6 Å². The van der Waals surface area contributed by atoms with E-state index in [9.17, 15) is 13.2 Å². The minimum Gasteiger partial charge on any atom is -0.251 e. The lowest BCUT2D eigenvalue weighted by Crippen LogP contribution is -1.95. The van der Waals surface area contributed by atoms with E-state index < -0.39 is 17.9 Å². The second-order valence-corrected chi connectivity index (χ2v) is 3.07. The molecule has 0 aromatic carbocycles. The van der Waals surface area contributed by atoms with Crippen LogP contribution in [0.3, 0.4) is 0 Å². The van der Waals surface area contributed by atoms with E-state index in [-0.39, 0.29) is 0 Å². The normalized spacial score (nSPS) is 10.6. The van der Waals surface area contributed by atoms with Gasteiger partial charge in [0.1, 0.15) is 5.69 Å². The highest BCUT2D eigenvalue weighted by atomic mass is 127. The maximum atomic E-state index is 12.6. The number of hydrogen-bond acceptors (Lipinski definition) is 1. The molecule has 0 aliphatic rings. The average molecular weight is 273 g/mol. The van der Waals surface area contributed by atoms with Gasteiger partial charge in [0.2, 0.25) is 0 Å². The molecule has 0 bridgehead atoms. The summed E-state index contributed by atoms with van der Waals surface area (Å²) < 4.78 is 36.8. The second-order valence-electron chi connectivity index (χ2n) is 1.82. The number of aromatic nitrogens is 1. The first-order valence-corrected chi connectivity index (χ1v) is 3.78. The molecule has 5 heteroatoms. The van der Waals surface area contributed by atoms with Gasteiger partial charge in [-0.25, -0.2) is 13.2 Å². The van der Waals surface area contributed by atoms with Crippen LogP contribution in [-0.2, 0) is 0 Å². The number of nitrogens with zero attached hydrogens (tertiary/aromatic N) is 1. The van der Waals surface area contributed by atoms with Crippen LogP contribution in [0, 0.1) is 9.39 Å². The zero-order chi connectivity index (χ0) is 8.43. The van der Waals surface area contributed by atoms with Crippen molar-refractivity contribution in [3.63, 3.8) is 0 Å². The van der Waals surface area contributed by atoms with E-state index in [4.69, 9.17) is 0 Å². The number of halogens is 4. The zero-order valence-corrected chi connectivity index (χ0v) is 7.35. The molecule has 0 spiro atoms. The SMILES string of the molecule is Fc1cc(I)cnc1C(F)F. The molecule has 0 radical (unpaired) electrons. The number of pyridine rings is 1. The van der Waals surface area contributed by atoms with Crippen LogP contribution in [0.15, 0.2) is 12.3 Å². The first kappa shape index (κ1) is 8.76. The Hall–Kier alpha value is -0.330. The standard InChI is InChI=1S/C6H3F3IN/c7-4-1-3(10)2-11-5(4)6(8)9/h1-2,6H. The fourth-order valence-corrected chi connectivity index (χ4v) is 0.998.